The van der Waals surface area contributed by atoms with Crippen LogP contribution in [0.3, 0.4) is 0 Å². The first-order valence-electron chi connectivity index (χ1n) is 7.65. The van der Waals surface area contributed by atoms with Crippen LogP contribution in [0.2, 0.25) is 0 Å². The zero-order valence-corrected chi connectivity index (χ0v) is 12.3. The highest BCUT2D eigenvalue weighted by atomic mass is 15.1. The zero-order chi connectivity index (χ0) is 12.7. The van der Waals surface area contributed by atoms with E-state index in [0.717, 1.165) is 5.92 Å². The van der Waals surface area contributed by atoms with Gasteiger partial charge in [-0.1, -0.05) is 33.1 Å². The first-order chi connectivity index (χ1) is 8.17. The number of nitrogens with one attached hydrogen (secondary N) is 1. The summed E-state index contributed by atoms with van der Waals surface area (Å²) in [7, 11) is 0. The van der Waals surface area contributed by atoms with Crippen molar-refractivity contribution in [3.63, 3.8) is 0 Å². The summed E-state index contributed by atoms with van der Waals surface area (Å²) in [5, 5.41) is 3.81. The first-order valence-corrected chi connectivity index (χ1v) is 7.65. The fourth-order valence-electron chi connectivity index (χ4n) is 3.14. The molecule has 0 aliphatic heterocycles. The molecule has 0 saturated heterocycles. The predicted octanol–water partition coefficient (Wildman–Crippen LogP) is 3.28. The molecule has 102 valence electrons. The van der Waals surface area contributed by atoms with Gasteiger partial charge in [-0.05, 0) is 45.7 Å². The van der Waals surface area contributed by atoms with Crippen LogP contribution in [0.4, 0.5) is 0 Å². The molecular weight excluding hydrogens is 208 g/mol. The second kappa shape index (κ2) is 8.10. The normalized spacial score (nSPS) is 21.7. The Bertz CT molecular complexity index is 183. The third-order valence-electron chi connectivity index (χ3n) is 4.33. The quantitative estimate of drug-likeness (QED) is 0.735. The summed E-state index contributed by atoms with van der Waals surface area (Å²) < 4.78 is 0. The number of rotatable bonds is 7. The van der Waals surface area contributed by atoms with Crippen molar-refractivity contribution in [1.82, 2.24) is 10.2 Å². The number of nitrogens with zero attached hydrogens (tertiary/aromatic N) is 1. The lowest BCUT2D eigenvalue weighted by molar-refractivity contribution is 0.227. The third kappa shape index (κ3) is 5.39. The van der Waals surface area contributed by atoms with Gasteiger partial charge in [-0.3, -0.25) is 0 Å². The van der Waals surface area contributed by atoms with Crippen LogP contribution < -0.4 is 5.32 Å². The Morgan fingerprint density at radius 3 is 2.18 bits per heavy atom. The van der Waals surface area contributed by atoms with Gasteiger partial charge in [0.2, 0.25) is 0 Å². The molecule has 0 heterocycles. The van der Waals surface area contributed by atoms with Crippen LogP contribution in [0.15, 0.2) is 0 Å². The van der Waals surface area contributed by atoms with E-state index in [-0.39, 0.29) is 0 Å². The SMILES string of the molecule is CCN(CC)CC(C)NC(C)C1CCCCC1. The van der Waals surface area contributed by atoms with E-state index in [1.807, 2.05) is 0 Å². The van der Waals surface area contributed by atoms with Crippen LogP contribution in [-0.2, 0) is 0 Å². The Labute approximate surface area is 108 Å². The van der Waals surface area contributed by atoms with Gasteiger partial charge in [0.15, 0.2) is 0 Å². The second-order valence-electron chi connectivity index (χ2n) is 5.74. The lowest BCUT2D eigenvalue weighted by Gasteiger charge is -2.32. The molecule has 0 radical (unpaired) electrons. The molecule has 0 spiro atoms. The molecule has 0 aromatic heterocycles. The highest BCUT2D eigenvalue weighted by Gasteiger charge is 2.21. The molecule has 1 N–H and O–H groups in total. The number of hydrogen-bond donors (Lipinski definition) is 1. The maximum absolute atomic E-state index is 3.81. The Kier molecular flexibility index (Phi) is 7.14. The van der Waals surface area contributed by atoms with Gasteiger partial charge in [-0.2, -0.15) is 0 Å². The molecule has 1 aliphatic carbocycles. The Morgan fingerprint density at radius 1 is 1.06 bits per heavy atom. The zero-order valence-electron chi connectivity index (χ0n) is 12.3. The minimum atomic E-state index is 0.617. The standard InChI is InChI=1S/C15H32N2/c1-5-17(6-2)12-13(3)16-14(4)15-10-8-7-9-11-15/h13-16H,5-12H2,1-4H3. The molecule has 0 amide bonds. The van der Waals surface area contributed by atoms with Crippen molar-refractivity contribution in [3.05, 3.63) is 0 Å². The summed E-state index contributed by atoms with van der Waals surface area (Å²) in [5.41, 5.74) is 0. The van der Waals surface area contributed by atoms with Crippen molar-refractivity contribution in [2.24, 2.45) is 5.92 Å². The van der Waals surface area contributed by atoms with Gasteiger partial charge in [-0.25, -0.2) is 0 Å². The average Bonchev–Trinajstić information content (AvgIpc) is 2.37. The molecular formula is C15H32N2. The van der Waals surface area contributed by atoms with Gasteiger partial charge < -0.3 is 10.2 Å². The lowest BCUT2D eigenvalue weighted by Crippen LogP contribution is -2.45. The van der Waals surface area contributed by atoms with E-state index < -0.39 is 0 Å². The maximum atomic E-state index is 3.81. The molecule has 0 aromatic rings. The van der Waals surface area contributed by atoms with Crippen LogP contribution in [0.25, 0.3) is 0 Å². The first kappa shape index (κ1) is 15.0. The van der Waals surface area contributed by atoms with E-state index in [0.29, 0.717) is 12.1 Å². The van der Waals surface area contributed by atoms with E-state index in [1.54, 1.807) is 0 Å². The summed E-state index contributed by atoms with van der Waals surface area (Å²) >= 11 is 0. The molecule has 17 heavy (non-hydrogen) atoms. The molecule has 1 fully saturated rings. The Balaban J connectivity index is 2.26. The van der Waals surface area contributed by atoms with Crippen LogP contribution >= 0.6 is 0 Å². The molecule has 1 saturated carbocycles. The van der Waals surface area contributed by atoms with E-state index in [9.17, 15) is 0 Å². The Morgan fingerprint density at radius 2 is 1.65 bits per heavy atom. The average molecular weight is 240 g/mol. The highest BCUT2D eigenvalue weighted by Crippen LogP contribution is 2.26. The molecule has 2 unspecified atom stereocenters. The summed E-state index contributed by atoms with van der Waals surface area (Å²) in [6, 6.07) is 1.31. The van der Waals surface area contributed by atoms with Crippen molar-refractivity contribution in [2.45, 2.75) is 71.9 Å². The van der Waals surface area contributed by atoms with Crippen LogP contribution in [0.5, 0.6) is 0 Å². The van der Waals surface area contributed by atoms with E-state index in [2.05, 4.69) is 37.9 Å². The summed E-state index contributed by atoms with van der Waals surface area (Å²) in [6.07, 6.45) is 7.22. The van der Waals surface area contributed by atoms with Gasteiger partial charge >= 0.3 is 0 Å². The minimum absolute atomic E-state index is 0.617. The molecule has 2 nitrogen and oxygen atoms in total. The van der Waals surface area contributed by atoms with Crippen molar-refractivity contribution in [3.8, 4) is 0 Å². The second-order valence-corrected chi connectivity index (χ2v) is 5.74. The van der Waals surface area contributed by atoms with Crippen molar-refractivity contribution in [1.29, 1.82) is 0 Å². The van der Waals surface area contributed by atoms with Gasteiger partial charge in [0.1, 0.15) is 0 Å². The number of hydrogen-bond acceptors (Lipinski definition) is 2. The lowest BCUT2D eigenvalue weighted by atomic mass is 9.84. The number of likely N-dealkylation sites (N-methyl/N-ethyl adjacent to an activating group) is 1. The summed E-state index contributed by atoms with van der Waals surface area (Å²) in [5.74, 6) is 0.919. The van der Waals surface area contributed by atoms with E-state index in [1.165, 1.54) is 51.7 Å². The maximum Gasteiger partial charge on any atom is 0.0169 e. The van der Waals surface area contributed by atoms with Crippen LogP contribution in [-0.4, -0.2) is 36.6 Å². The fraction of sp³-hybridized carbons (Fsp3) is 1.00. The molecule has 1 aliphatic rings. The Hall–Kier alpha value is -0.0800. The topological polar surface area (TPSA) is 15.3 Å². The highest BCUT2D eigenvalue weighted by molar-refractivity contribution is 4.79. The molecule has 1 rings (SSSR count). The fourth-order valence-corrected chi connectivity index (χ4v) is 3.14. The van der Waals surface area contributed by atoms with Crippen LogP contribution in [0.1, 0.15) is 59.8 Å². The summed E-state index contributed by atoms with van der Waals surface area (Å²) in [4.78, 5) is 2.51. The van der Waals surface area contributed by atoms with Crippen LogP contribution in [0, 0.1) is 5.92 Å². The minimum Gasteiger partial charge on any atom is -0.310 e. The smallest absolute Gasteiger partial charge is 0.0169 e. The molecule has 2 heteroatoms. The van der Waals surface area contributed by atoms with Crippen molar-refractivity contribution in [2.75, 3.05) is 19.6 Å². The molecule has 0 aromatic carbocycles. The van der Waals surface area contributed by atoms with Crippen molar-refractivity contribution >= 4 is 0 Å². The van der Waals surface area contributed by atoms with Gasteiger partial charge in [-0.15, -0.1) is 0 Å². The molecule has 2 atom stereocenters. The van der Waals surface area contributed by atoms with Crippen molar-refractivity contribution < 1.29 is 0 Å². The van der Waals surface area contributed by atoms with E-state index >= 15 is 0 Å². The predicted molar refractivity (Wildman–Crippen MR) is 76.4 cm³/mol. The van der Waals surface area contributed by atoms with E-state index in [4.69, 9.17) is 0 Å². The van der Waals surface area contributed by atoms with Gasteiger partial charge in [0.25, 0.3) is 0 Å². The van der Waals surface area contributed by atoms with Gasteiger partial charge in [0, 0.05) is 18.6 Å². The monoisotopic (exact) mass is 240 g/mol. The molecule has 0 bridgehead atoms. The summed E-state index contributed by atoms with van der Waals surface area (Å²) in [6.45, 7) is 12.7. The van der Waals surface area contributed by atoms with Gasteiger partial charge in [0.05, 0.1) is 0 Å². The largest absolute Gasteiger partial charge is 0.310 e. The third-order valence-corrected chi connectivity index (χ3v) is 4.33.